The van der Waals surface area contributed by atoms with Crippen LogP contribution in [0.5, 0.6) is 0 Å². The molecular weight excluding hydrogens is 288 g/mol. The lowest BCUT2D eigenvalue weighted by atomic mass is 9.99. The fourth-order valence-electron chi connectivity index (χ4n) is 3.44. The van der Waals surface area contributed by atoms with Crippen molar-refractivity contribution < 1.29 is 4.79 Å². The van der Waals surface area contributed by atoms with Gasteiger partial charge >= 0.3 is 0 Å². The number of carbonyl (C=O) groups excluding carboxylic acids is 1. The average Bonchev–Trinajstić information content (AvgIpc) is 2.58. The average molecular weight is 316 g/mol. The summed E-state index contributed by atoms with van der Waals surface area (Å²) in [4.78, 5) is 19.2. The Morgan fingerprint density at radius 2 is 2.04 bits per heavy atom. The molecule has 2 aliphatic rings. The van der Waals surface area contributed by atoms with Gasteiger partial charge in [0.05, 0.1) is 5.56 Å². The number of piperidine rings is 2. The Morgan fingerprint density at radius 3 is 2.70 bits per heavy atom. The van der Waals surface area contributed by atoms with Crippen LogP contribution in [-0.2, 0) is 0 Å². The molecule has 0 spiro atoms. The first-order valence-corrected chi connectivity index (χ1v) is 8.89. The highest BCUT2D eigenvalue weighted by Crippen LogP contribution is 2.21. The van der Waals surface area contributed by atoms with Crippen molar-refractivity contribution in [1.29, 1.82) is 0 Å². The fraction of sp³-hybridized carbons (Fsp3) is 0.667. The van der Waals surface area contributed by atoms with Crippen LogP contribution >= 0.6 is 0 Å². The molecular formula is C18H28N4O. The second-order valence-corrected chi connectivity index (χ2v) is 7.04. The summed E-state index contributed by atoms with van der Waals surface area (Å²) in [5.41, 5.74) is 0.650. The molecule has 3 rings (SSSR count). The summed E-state index contributed by atoms with van der Waals surface area (Å²) < 4.78 is 0. The smallest absolute Gasteiger partial charge is 0.253 e. The molecule has 126 valence electrons. The minimum Gasteiger partial charge on any atom is -0.357 e. The zero-order valence-corrected chi connectivity index (χ0v) is 14.2. The molecule has 0 aromatic carbocycles. The Balaban J connectivity index is 1.59. The van der Waals surface area contributed by atoms with E-state index in [1.165, 1.54) is 12.8 Å². The molecule has 1 aromatic rings. The second kappa shape index (κ2) is 7.30. The van der Waals surface area contributed by atoms with Gasteiger partial charge in [0.1, 0.15) is 5.82 Å². The largest absolute Gasteiger partial charge is 0.357 e. The first-order valence-electron chi connectivity index (χ1n) is 8.89. The van der Waals surface area contributed by atoms with Gasteiger partial charge in [0.25, 0.3) is 5.91 Å². The van der Waals surface area contributed by atoms with Crippen molar-refractivity contribution in [3.05, 3.63) is 23.9 Å². The van der Waals surface area contributed by atoms with Crippen LogP contribution in [0.25, 0.3) is 0 Å². The highest BCUT2D eigenvalue weighted by Gasteiger charge is 2.23. The third-order valence-corrected chi connectivity index (χ3v) is 5.20. The zero-order valence-electron chi connectivity index (χ0n) is 14.2. The lowest BCUT2D eigenvalue weighted by Gasteiger charge is -2.31. The molecule has 1 amide bonds. The van der Waals surface area contributed by atoms with E-state index in [1.54, 1.807) is 6.20 Å². The van der Waals surface area contributed by atoms with Gasteiger partial charge < -0.3 is 15.5 Å². The summed E-state index contributed by atoms with van der Waals surface area (Å²) in [7, 11) is 0. The number of nitrogens with one attached hydrogen (secondary N) is 2. The van der Waals surface area contributed by atoms with Crippen molar-refractivity contribution in [2.75, 3.05) is 24.5 Å². The third kappa shape index (κ3) is 4.02. The minimum absolute atomic E-state index is 0.0168. The van der Waals surface area contributed by atoms with Gasteiger partial charge in [0.2, 0.25) is 0 Å². The summed E-state index contributed by atoms with van der Waals surface area (Å²) in [6.07, 6.45) is 6.30. The standard InChI is InChI=1S/C18H28N4O/c1-13-7-10-22(11-8-13)17-6-5-15(12-20-17)18(23)21-16-4-3-9-19-14(16)2/h5-6,12-14,16,19H,3-4,7-11H2,1-2H3,(H,21,23). The van der Waals surface area contributed by atoms with Gasteiger partial charge in [0.15, 0.2) is 0 Å². The summed E-state index contributed by atoms with van der Waals surface area (Å²) in [6.45, 7) is 7.59. The molecule has 2 unspecified atom stereocenters. The van der Waals surface area contributed by atoms with Gasteiger partial charge in [-0.3, -0.25) is 4.79 Å². The van der Waals surface area contributed by atoms with E-state index in [1.807, 2.05) is 12.1 Å². The maximum absolute atomic E-state index is 12.4. The van der Waals surface area contributed by atoms with E-state index in [9.17, 15) is 4.79 Å². The number of amides is 1. The van der Waals surface area contributed by atoms with Crippen molar-refractivity contribution in [2.24, 2.45) is 5.92 Å². The van der Waals surface area contributed by atoms with Crippen LogP contribution in [0.3, 0.4) is 0 Å². The lowest BCUT2D eigenvalue weighted by molar-refractivity contribution is 0.0919. The Kier molecular flexibility index (Phi) is 5.16. The Bertz CT molecular complexity index is 522. The number of carbonyl (C=O) groups is 1. The van der Waals surface area contributed by atoms with Crippen molar-refractivity contribution in [3.8, 4) is 0 Å². The molecule has 2 saturated heterocycles. The Morgan fingerprint density at radius 1 is 1.26 bits per heavy atom. The molecule has 2 aliphatic heterocycles. The molecule has 0 radical (unpaired) electrons. The van der Waals surface area contributed by atoms with E-state index in [0.717, 1.165) is 44.2 Å². The molecule has 0 bridgehead atoms. The number of hydrogen-bond acceptors (Lipinski definition) is 4. The Labute approximate surface area is 138 Å². The monoisotopic (exact) mass is 316 g/mol. The van der Waals surface area contributed by atoms with E-state index < -0.39 is 0 Å². The molecule has 0 aliphatic carbocycles. The van der Waals surface area contributed by atoms with Crippen LogP contribution in [-0.4, -0.2) is 42.6 Å². The molecule has 5 heteroatoms. The van der Waals surface area contributed by atoms with Gasteiger partial charge in [-0.05, 0) is 57.2 Å². The van der Waals surface area contributed by atoms with Crippen LogP contribution < -0.4 is 15.5 Å². The van der Waals surface area contributed by atoms with Gasteiger partial charge in [0, 0.05) is 31.4 Å². The third-order valence-electron chi connectivity index (χ3n) is 5.20. The van der Waals surface area contributed by atoms with E-state index in [-0.39, 0.29) is 11.9 Å². The van der Waals surface area contributed by atoms with Gasteiger partial charge in [-0.15, -0.1) is 0 Å². The summed E-state index contributed by atoms with van der Waals surface area (Å²) in [5.74, 6) is 1.78. The summed E-state index contributed by atoms with van der Waals surface area (Å²) in [6, 6.07) is 4.42. The highest BCUT2D eigenvalue weighted by atomic mass is 16.1. The lowest BCUT2D eigenvalue weighted by Crippen LogP contribution is -2.51. The van der Waals surface area contributed by atoms with Gasteiger partial charge in [-0.2, -0.15) is 0 Å². The van der Waals surface area contributed by atoms with Crippen LogP contribution in [0, 0.1) is 5.92 Å². The SMILES string of the molecule is CC1CCN(c2ccc(C(=O)NC3CCCNC3C)cn2)CC1. The second-order valence-electron chi connectivity index (χ2n) is 7.04. The normalized spacial score (nSPS) is 26.1. The number of anilines is 1. The predicted octanol–water partition coefficient (Wildman–Crippen LogP) is 2.19. The van der Waals surface area contributed by atoms with E-state index in [4.69, 9.17) is 0 Å². The topological polar surface area (TPSA) is 57.3 Å². The molecule has 2 atom stereocenters. The number of nitrogens with zero attached hydrogens (tertiary/aromatic N) is 2. The van der Waals surface area contributed by atoms with Crippen LogP contribution in [0.4, 0.5) is 5.82 Å². The predicted molar refractivity (Wildman–Crippen MR) is 92.8 cm³/mol. The highest BCUT2D eigenvalue weighted by molar-refractivity contribution is 5.94. The minimum atomic E-state index is -0.0168. The molecule has 2 fully saturated rings. The van der Waals surface area contributed by atoms with Crippen molar-refractivity contribution in [3.63, 3.8) is 0 Å². The quantitative estimate of drug-likeness (QED) is 0.897. The van der Waals surface area contributed by atoms with Crippen molar-refractivity contribution >= 4 is 11.7 Å². The van der Waals surface area contributed by atoms with E-state index >= 15 is 0 Å². The van der Waals surface area contributed by atoms with Crippen LogP contribution in [0.1, 0.15) is 49.9 Å². The number of hydrogen-bond donors (Lipinski definition) is 2. The van der Waals surface area contributed by atoms with Crippen LogP contribution in [0.15, 0.2) is 18.3 Å². The number of rotatable bonds is 3. The maximum Gasteiger partial charge on any atom is 0.253 e. The molecule has 1 aromatic heterocycles. The molecule has 5 nitrogen and oxygen atoms in total. The summed E-state index contributed by atoms with van der Waals surface area (Å²) in [5, 5.41) is 6.54. The summed E-state index contributed by atoms with van der Waals surface area (Å²) >= 11 is 0. The molecule has 2 N–H and O–H groups in total. The van der Waals surface area contributed by atoms with E-state index in [2.05, 4.69) is 34.4 Å². The van der Waals surface area contributed by atoms with Gasteiger partial charge in [-0.1, -0.05) is 6.92 Å². The van der Waals surface area contributed by atoms with Crippen molar-refractivity contribution in [1.82, 2.24) is 15.6 Å². The van der Waals surface area contributed by atoms with Crippen LogP contribution in [0.2, 0.25) is 0 Å². The maximum atomic E-state index is 12.4. The van der Waals surface area contributed by atoms with E-state index in [0.29, 0.717) is 11.6 Å². The molecule has 0 saturated carbocycles. The fourth-order valence-corrected chi connectivity index (χ4v) is 3.44. The molecule has 3 heterocycles. The first-order chi connectivity index (χ1) is 11.1. The zero-order chi connectivity index (χ0) is 16.2. The number of pyridine rings is 1. The van der Waals surface area contributed by atoms with Crippen molar-refractivity contribution in [2.45, 2.75) is 51.6 Å². The number of aromatic nitrogens is 1. The first kappa shape index (κ1) is 16.2. The van der Waals surface area contributed by atoms with Gasteiger partial charge in [-0.25, -0.2) is 4.98 Å². The Hall–Kier alpha value is -1.62. The molecule has 23 heavy (non-hydrogen) atoms.